The van der Waals surface area contributed by atoms with Crippen molar-refractivity contribution in [1.29, 1.82) is 0 Å². The first-order valence-corrected chi connectivity index (χ1v) is 6.97. The summed E-state index contributed by atoms with van der Waals surface area (Å²) in [6, 6.07) is 4.64. The Bertz CT molecular complexity index is 509. The maximum absolute atomic E-state index is 11.6. The number of nitrogens with one attached hydrogen (secondary N) is 1. The molecule has 1 aromatic carbocycles. The lowest BCUT2D eigenvalue weighted by Gasteiger charge is -2.09. The highest BCUT2D eigenvalue weighted by Crippen LogP contribution is 2.30. The molecule has 0 unspecified atom stereocenters. The Morgan fingerprint density at radius 1 is 1.47 bits per heavy atom. The average Bonchev–Trinajstić information content (AvgIpc) is 3.10. The fourth-order valence-corrected chi connectivity index (χ4v) is 2.31. The van der Waals surface area contributed by atoms with Crippen molar-refractivity contribution in [3.8, 4) is 5.75 Å². The van der Waals surface area contributed by atoms with Crippen LogP contribution in [0.4, 0.5) is 5.69 Å². The third kappa shape index (κ3) is 2.89. The van der Waals surface area contributed by atoms with Gasteiger partial charge in [-0.3, -0.25) is 0 Å². The van der Waals surface area contributed by atoms with Gasteiger partial charge in [0.2, 0.25) is 10.0 Å². The molecule has 5 nitrogen and oxygen atoms in total. The number of nitrogen functional groups attached to an aromatic ring is 1. The van der Waals surface area contributed by atoms with Crippen molar-refractivity contribution in [2.75, 3.05) is 19.4 Å². The minimum Gasteiger partial charge on any atom is -0.493 e. The number of nitrogens with two attached hydrogens (primary N) is 1. The quantitative estimate of drug-likeness (QED) is 0.769. The Hall–Kier alpha value is -1.27. The highest BCUT2D eigenvalue weighted by Gasteiger charge is 2.22. The molecule has 0 bridgehead atoms. The van der Waals surface area contributed by atoms with E-state index in [0.717, 1.165) is 0 Å². The van der Waals surface area contributed by atoms with E-state index in [0.29, 0.717) is 18.3 Å². The molecule has 0 aliphatic heterocycles. The standard InChI is InChI=1S/C11H16N2O3S/c1-13-17(14,15)11-5-4-9(6-10(11)12)16-7-8-2-3-8/h4-6,8,13H,2-3,7,12H2,1H3. The number of sulfonamides is 1. The van der Waals surface area contributed by atoms with Crippen molar-refractivity contribution in [2.24, 2.45) is 5.92 Å². The van der Waals surface area contributed by atoms with Gasteiger partial charge < -0.3 is 10.5 Å². The highest BCUT2D eigenvalue weighted by molar-refractivity contribution is 7.89. The van der Waals surface area contributed by atoms with Crippen LogP contribution >= 0.6 is 0 Å². The topological polar surface area (TPSA) is 81.4 Å². The Kier molecular flexibility index (Phi) is 3.26. The summed E-state index contributed by atoms with van der Waals surface area (Å²) in [5.41, 5.74) is 5.91. The summed E-state index contributed by atoms with van der Waals surface area (Å²) < 4.78 is 30.9. The zero-order chi connectivity index (χ0) is 12.5. The van der Waals surface area contributed by atoms with Crippen molar-refractivity contribution in [2.45, 2.75) is 17.7 Å². The predicted octanol–water partition coefficient (Wildman–Crippen LogP) is 0.966. The highest BCUT2D eigenvalue weighted by atomic mass is 32.2. The minimum atomic E-state index is -3.50. The van der Waals surface area contributed by atoms with Gasteiger partial charge in [0.1, 0.15) is 10.6 Å². The molecule has 1 aromatic rings. The monoisotopic (exact) mass is 256 g/mol. The lowest BCUT2D eigenvalue weighted by Crippen LogP contribution is -2.19. The molecule has 3 N–H and O–H groups in total. The van der Waals surface area contributed by atoms with E-state index < -0.39 is 10.0 Å². The van der Waals surface area contributed by atoms with Crippen molar-refractivity contribution < 1.29 is 13.2 Å². The molecule has 0 radical (unpaired) electrons. The van der Waals surface area contributed by atoms with Gasteiger partial charge >= 0.3 is 0 Å². The third-order valence-corrected chi connectivity index (χ3v) is 4.21. The van der Waals surface area contributed by atoms with E-state index in [1.807, 2.05) is 0 Å². The van der Waals surface area contributed by atoms with Crippen LogP contribution in [-0.2, 0) is 10.0 Å². The van der Waals surface area contributed by atoms with Crippen LogP contribution in [0.5, 0.6) is 5.75 Å². The largest absolute Gasteiger partial charge is 0.493 e. The van der Waals surface area contributed by atoms with Crippen LogP contribution in [0.2, 0.25) is 0 Å². The number of benzene rings is 1. The summed E-state index contributed by atoms with van der Waals surface area (Å²) in [6.45, 7) is 0.678. The first-order chi connectivity index (χ1) is 8.03. The van der Waals surface area contributed by atoms with Crippen LogP contribution in [-0.4, -0.2) is 22.1 Å². The van der Waals surface area contributed by atoms with Gasteiger partial charge in [0.15, 0.2) is 0 Å². The van der Waals surface area contributed by atoms with E-state index in [4.69, 9.17) is 10.5 Å². The zero-order valence-electron chi connectivity index (χ0n) is 9.64. The van der Waals surface area contributed by atoms with E-state index in [1.165, 1.54) is 26.0 Å². The fourth-order valence-electron chi connectivity index (χ4n) is 1.47. The van der Waals surface area contributed by atoms with E-state index in [1.54, 1.807) is 12.1 Å². The number of rotatable bonds is 5. The molecule has 1 aliphatic rings. The van der Waals surface area contributed by atoms with Gasteiger partial charge in [0.25, 0.3) is 0 Å². The van der Waals surface area contributed by atoms with Gasteiger partial charge in [-0.1, -0.05) is 0 Å². The third-order valence-electron chi connectivity index (χ3n) is 2.72. The SMILES string of the molecule is CNS(=O)(=O)c1ccc(OCC2CC2)cc1N. The molecular weight excluding hydrogens is 240 g/mol. The van der Waals surface area contributed by atoms with Crippen molar-refractivity contribution in [3.05, 3.63) is 18.2 Å². The van der Waals surface area contributed by atoms with Crippen LogP contribution in [0.1, 0.15) is 12.8 Å². The Morgan fingerprint density at radius 2 is 2.18 bits per heavy atom. The normalized spacial score (nSPS) is 15.8. The van der Waals surface area contributed by atoms with Crippen LogP contribution < -0.4 is 15.2 Å². The molecule has 0 amide bonds. The Balaban J connectivity index is 2.15. The van der Waals surface area contributed by atoms with Crippen LogP contribution in [0.3, 0.4) is 0 Å². The van der Waals surface area contributed by atoms with Gasteiger partial charge in [0.05, 0.1) is 12.3 Å². The second-order valence-corrected chi connectivity index (χ2v) is 6.02. The Labute approximate surface area is 101 Å². The fraction of sp³-hybridized carbons (Fsp3) is 0.455. The second-order valence-electron chi connectivity index (χ2n) is 4.16. The number of anilines is 1. The van der Waals surface area contributed by atoms with Crippen molar-refractivity contribution in [1.82, 2.24) is 4.72 Å². The molecule has 0 atom stereocenters. The van der Waals surface area contributed by atoms with E-state index in [-0.39, 0.29) is 10.6 Å². The maximum atomic E-state index is 11.6. The molecule has 94 valence electrons. The maximum Gasteiger partial charge on any atom is 0.242 e. The molecule has 1 aliphatic carbocycles. The minimum absolute atomic E-state index is 0.0822. The first-order valence-electron chi connectivity index (χ1n) is 5.49. The first kappa shape index (κ1) is 12.2. The van der Waals surface area contributed by atoms with Crippen molar-refractivity contribution in [3.63, 3.8) is 0 Å². The van der Waals surface area contributed by atoms with Crippen molar-refractivity contribution >= 4 is 15.7 Å². The zero-order valence-corrected chi connectivity index (χ0v) is 10.5. The molecule has 0 aromatic heterocycles. The van der Waals surface area contributed by atoms with E-state index in [9.17, 15) is 8.42 Å². The van der Waals surface area contributed by atoms with Crippen LogP contribution in [0.25, 0.3) is 0 Å². The number of hydrogen-bond donors (Lipinski definition) is 2. The molecule has 17 heavy (non-hydrogen) atoms. The number of ether oxygens (including phenoxy) is 1. The lowest BCUT2D eigenvalue weighted by atomic mass is 10.3. The second kappa shape index (κ2) is 4.54. The van der Waals surface area contributed by atoms with E-state index >= 15 is 0 Å². The van der Waals surface area contributed by atoms with Crippen LogP contribution in [0.15, 0.2) is 23.1 Å². The molecular formula is C11H16N2O3S. The Morgan fingerprint density at radius 3 is 2.71 bits per heavy atom. The number of hydrogen-bond acceptors (Lipinski definition) is 4. The molecule has 0 heterocycles. The average molecular weight is 256 g/mol. The predicted molar refractivity (Wildman–Crippen MR) is 65.3 cm³/mol. The molecule has 0 spiro atoms. The summed E-state index contributed by atoms with van der Waals surface area (Å²) in [5.74, 6) is 1.27. The van der Waals surface area contributed by atoms with Gasteiger partial charge in [-0.25, -0.2) is 13.1 Å². The summed E-state index contributed by atoms with van der Waals surface area (Å²) >= 11 is 0. The molecule has 6 heteroatoms. The molecule has 0 saturated heterocycles. The van der Waals surface area contributed by atoms with Gasteiger partial charge in [0, 0.05) is 6.07 Å². The summed E-state index contributed by atoms with van der Waals surface area (Å²) in [5, 5.41) is 0. The van der Waals surface area contributed by atoms with Gasteiger partial charge in [-0.05, 0) is 37.9 Å². The summed E-state index contributed by atoms with van der Waals surface area (Å²) in [6.07, 6.45) is 2.42. The van der Waals surface area contributed by atoms with E-state index in [2.05, 4.69) is 4.72 Å². The smallest absolute Gasteiger partial charge is 0.242 e. The lowest BCUT2D eigenvalue weighted by molar-refractivity contribution is 0.300. The molecule has 1 fully saturated rings. The molecule has 2 rings (SSSR count). The summed E-state index contributed by atoms with van der Waals surface area (Å²) in [7, 11) is -2.14. The molecule has 1 saturated carbocycles. The summed E-state index contributed by atoms with van der Waals surface area (Å²) in [4.78, 5) is 0.0822. The van der Waals surface area contributed by atoms with Gasteiger partial charge in [-0.15, -0.1) is 0 Å². The van der Waals surface area contributed by atoms with Gasteiger partial charge in [-0.2, -0.15) is 0 Å². The van der Waals surface area contributed by atoms with Crippen LogP contribution in [0, 0.1) is 5.92 Å².